The van der Waals surface area contributed by atoms with Gasteiger partial charge < -0.3 is 4.74 Å². The Balaban J connectivity index is 2.00. The molecule has 0 aliphatic carbocycles. The lowest BCUT2D eigenvalue weighted by atomic mass is 10.3. The maximum atomic E-state index is 12.0. The third-order valence-electron chi connectivity index (χ3n) is 2.30. The van der Waals surface area contributed by atoms with Crippen LogP contribution in [0.15, 0.2) is 11.4 Å². The van der Waals surface area contributed by atoms with Gasteiger partial charge in [-0.3, -0.25) is 14.9 Å². The van der Waals surface area contributed by atoms with Crippen LogP contribution in [0, 0.1) is 0 Å². The number of hydrogen-bond donors (Lipinski definition) is 1. The number of thiazole rings is 1. The Morgan fingerprint density at radius 1 is 1.43 bits per heavy atom. The van der Waals surface area contributed by atoms with Crippen LogP contribution in [-0.2, 0) is 16.0 Å². The molecule has 2 aromatic rings. The van der Waals surface area contributed by atoms with E-state index < -0.39 is 0 Å². The second-order valence-electron chi connectivity index (χ2n) is 3.82. The number of ether oxygens (including phenoxy) is 1. The zero-order valence-corrected chi connectivity index (χ0v) is 14.0. The highest BCUT2D eigenvalue weighted by Gasteiger charge is 2.16. The van der Waals surface area contributed by atoms with Crippen LogP contribution >= 0.6 is 45.9 Å². The molecule has 0 radical (unpaired) electrons. The van der Waals surface area contributed by atoms with E-state index in [-0.39, 0.29) is 18.3 Å². The van der Waals surface area contributed by atoms with Crippen molar-refractivity contribution in [2.24, 2.45) is 0 Å². The third kappa shape index (κ3) is 4.41. The van der Waals surface area contributed by atoms with Gasteiger partial charge in [0.15, 0.2) is 5.13 Å². The number of halogens is 2. The van der Waals surface area contributed by atoms with E-state index in [2.05, 4.69) is 10.3 Å². The average Bonchev–Trinajstić information content (AvgIpc) is 2.96. The maximum Gasteiger partial charge on any atom is 0.311 e. The molecule has 0 aromatic carbocycles. The van der Waals surface area contributed by atoms with E-state index in [9.17, 15) is 9.59 Å². The minimum absolute atomic E-state index is 0.0746. The Bertz CT molecular complexity index is 669. The Labute approximate surface area is 138 Å². The zero-order valence-electron chi connectivity index (χ0n) is 10.8. The lowest BCUT2D eigenvalue weighted by Gasteiger charge is -2.00. The van der Waals surface area contributed by atoms with Gasteiger partial charge in [-0.2, -0.15) is 0 Å². The molecule has 0 bridgehead atoms. The largest absolute Gasteiger partial charge is 0.466 e. The van der Waals surface area contributed by atoms with Crippen LogP contribution in [0.3, 0.4) is 0 Å². The van der Waals surface area contributed by atoms with Crippen molar-refractivity contribution in [2.75, 3.05) is 11.9 Å². The van der Waals surface area contributed by atoms with Gasteiger partial charge >= 0.3 is 5.97 Å². The number of nitrogens with one attached hydrogen (secondary N) is 1. The van der Waals surface area contributed by atoms with E-state index in [1.54, 1.807) is 12.3 Å². The summed E-state index contributed by atoms with van der Waals surface area (Å²) in [5, 5.41) is 4.69. The van der Waals surface area contributed by atoms with Crippen LogP contribution in [0.4, 0.5) is 5.13 Å². The number of carbonyl (C=O) groups excluding carboxylic acids is 2. The van der Waals surface area contributed by atoms with Crippen molar-refractivity contribution in [3.63, 3.8) is 0 Å². The number of nitrogens with zero attached hydrogens (tertiary/aromatic N) is 1. The number of hydrogen-bond acceptors (Lipinski definition) is 6. The van der Waals surface area contributed by atoms with E-state index in [1.165, 1.54) is 17.4 Å². The van der Waals surface area contributed by atoms with Crippen LogP contribution in [0.2, 0.25) is 8.67 Å². The second kappa shape index (κ2) is 7.22. The van der Waals surface area contributed by atoms with Crippen LogP contribution in [0.5, 0.6) is 0 Å². The maximum absolute atomic E-state index is 12.0. The van der Waals surface area contributed by atoms with Crippen molar-refractivity contribution >= 4 is 62.9 Å². The SMILES string of the molecule is CCOC(=O)Cc1csc(NC(=O)c2cc(Cl)sc2Cl)n1. The second-order valence-corrected chi connectivity index (χ2v) is 6.96. The zero-order chi connectivity index (χ0) is 15.4. The highest BCUT2D eigenvalue weighted by molar-refractivity contribution is 7.20. The first-order valence-corrected chi connectivity index (χ1v) is 8.31. The first-order valence-electron chi connectivity index (χ1n) is 5.85. The molecule has 1 amide bonds. The number of rotatable bonds is 5. The lowest BCUT2D eigenvalue weighted by Crippen LogP contribution is -2.12. The molecule has 2 rings (SSSR count). The number of amides is 1. The van der Waals surface area contributed by atoms with Crippen LogP contribution < -0.4 is 5.32 Å². The molecule has 0 fully saturated rings. The molecule has 1 N–H and O–H groups in total. The molecule has 0 saturated heterocycles. The van der Waals surface area contributed by atoms with Gasteiger partial charge in [-0.05, 0) is 13.0 Å². The number of thiophene rings is 1. The van der Waals surface area contributed by atoms with Gasteiger partial charge in [0.1, 0.15) is 4.34 Å². The van der Waals surface area contributed by atoms with Gasteiger partial charge in [0.25, 0.3) is 5.91 Å². The molecular weight excluding hydrogens is 355 g/mol. The Hall–Kier alpha value is -1.15. The van der Waals surface area contributed by atoms with Crippen molar-refractivity contribution in [2.45, 2.75) is 13.3 Å². The summed E-state index contributed by atoms with van der Waals surface area (Å²) in [6, 6.07) is 1.50. The van der Waals surface area contributed by atoms with Crippen molar-refractivity contribution in [1.29, 1.82) is 0 Å². The molecule has 2 heterocycles. The average molecular weight is 365 g/mol. The number of aromatic nitrogens is 1. The van der Waals surface area contributed by atoms with Crippen molar-refractivity contribution < 1.29 is 14.3 Å². The molecule has 0 unspecified atom stereocenters. The summed E-state index contributed by atoms with van der Waals surface area (Å²) < 4.78 is 5.59. The van der Waals surface area contributed by atoms with Crippen LogP contribution in [0.25, 0.3) is 0 Å². The number of anilines is 1. The van der Waals surface area contributed by atoms with Gasteiger partial charge in [0, 0.05) is 5.38 Å². The minimum Gasteiger partial charge on any atom is -0.466 e. The number of carbonyl (C=O) groups is 2. The monoisotopic (exact) mass is 364 g/mol. The van der Waals surface area contributed by atoms with Gasteiger partial charge in [-0.1, -0.05) is 23.2 Å². The summed E-state index contributed by atoms with van der Waals surface area (Å²) in [5.41, 5.74) is 0.844. The fourth-order valence-corrected chi connectivity index (χ4v) is 3.63. The van der Waals surface area contributed by atoms with E-state index in [1.807, 2.05) is 0 Å². The van der Waals surface area contributed by atoms with Gasteiger partial charge in [-0.15, -0.1) is 22.7 Å². The minimum atomic E-state index is -0.389. The molecule has 0 aliphatic rings. The van der Waals surface area contributed by atoms with E-state index in [4.69, 9.17) is 27.9 Å². The van der Waals surface area contributed by atoms with E-state index in [0.717, 1.165) is 11.3 Å². The molecule has 2 aromatic heterocycles. The lowest BCUT2D eigenvalue weighted by molar-refractivity contribution is -0.142. The fourth-order valence-electron chi connectivity index (χ4n) is 1.47. The summed E-state index contributed by atoms with van der Waals surface area (Å²) >= 11 is 14.0. The summed E-state index contributed by atoms with van der Waals surface area (Å²) in [5.74, 6) is -0.742. The Morgan fingerprint density at radius 2 is 2.19 bits per heavy atom. The Morgan fingerprint density at radius 3 is 2.81 bits per heavy atom. The quantitative estimate of drug-likeness (QED) is 0.817. The first kappa shape index (κ1) is 16.2. The first-order chi connectivity index (χ1) is 9.99. The van der Waals surface area contributed by atoms with E-state index in [0.29, 0.717) is 31.7 Å². The molecule has 112 valence electrons. The standard InChI is InChI=1S/C12H10Cl2N2O3S2/c1-2-19-9(17)3-6-5-20-12(15-6)16-11(18)7-4-8(13)21-10(7)14/h4-5H,2-3H2,1H3,(H,15,16,18). The van der Waals surface area contributed by atoms with Crippen LogP contribution in [0.1, 0.15) is 23.0 Å². The molecule has 21 heavy (non-hydrogen) atoms. The smallest absolute Gasteiger partial charge is 0.311 e. The van der Waals surface area contributed by atoms with Gasteiger partial charge in [-0.25, -0.2) is 4.98 Å². The molecule has 9 heteroatoms. The normalized spacial score (nSPS) is 10.4. The Kier molecular flexibility index (Phi) is 5.58. The number of esters is 1. The fraction of sp³-hybridized carbons (Fsp3) is 0.250. The van der Waals surface area contributed by atoms with Gasteiger partial charge in [0.05, 0.1) is 28.6 Å². The predicted octanol–water partition coefficient (Wildman–Crippen LogP) is 3.87. The van der Waals surface area contributed by atoms with Crippen LogP contribution in [-0.4, -0.2) is 23.5 Å². The highest BCUT2D eigenvalue weighted by atomic mass is 35.5. The summed E-state index contributed by atoms with van der Waals surface area (Å²) in [6.45, 7) is 2.06. The van der Waals surface area contributed by atoms with Crippen molar-refractivity contribution in [3.05, 3.63) is 31.4 Å². The molecule has 0 spiro atoms. The van der Waals surface area contributed by atoms with E-state index >= 15 is 0 Å². The summed E-state index contributed by atoms with van der Waals surface area (Å²) in [4.78, 5) is 27.5. The molecule has 0 atom stereocenters. The third-order valence-corrected chi connectivity index (χ3v) is 4.60. The van der Waals surface area contributed by atoms with Crippen molar-refractivity contribution in [1.82, 2.24) is 4.98 Å². The molecule has 5 nitrogen and oxygen atoms in total. The topological polar surface area (TPSA) is 68.3 Å². The molecule has 0 saturated carbocycles. The predicted molar refractivity (Wildman–Crippen MR) is 84.7 cm³/mol. The molecule has 0 aliphatic heterocycles. The summed E-state index contributed by atoms with van der Waals surface area (Å²) in [6.07, 6.45) is 0.0746. The highest BCUT2D eigenvalue weighted by Crippen LogP contribution is 2.31. The molecular formula is C12H10Cl2N2O3S2. The van der Waals surface area contributed by atoms with Crippen molar-refractivity contribution in [3.8, 4) is 0 Å². The van der Waals surface area contributed by atoms with Gasteiger partial charge in [0.2, 0.25) is 0 Å². The summed E-state index contributed by atoms with van der Waals surface area (Å²) in [7, 11) is 0.